The Morgan fingerprint density at radius 3 is 2.21 bits per heavy atom. The van der Waals surface area contributed by atoms with Crippen molar-refractivity contribution in [1.82, 2.24) is 5.32 Å². The van der Waals surface area contributed by atoms with Gasteiger partial charge < -0.3 is 24.6 Å². The topological polar surface area (TPSA) is 94.1 Å². The van der Waals surface area contributed by atoms with Gasteiger partial charge in [-0.2, -0.15) is 0 Å². The predicted octanol–water partition coefficient (Wildman–Crippen LogP) is 1.62. The first kappa shape index (κ1) is 17.9. The number of nitrogens with one attached hydrogen (secondary N) is 1. The van der Waals surface area contributed by atoms with Crippen LogP contribution >= 0.6 is 0 Å². The van der Waals surface area contributed by atoms with E-state index in [2.05, 4.69) is 5.32 Å². The van der Waals surface area contributed by atoms with Crippen molar-refractivity contribution in [2.75, 3.05) is 21.3 Å². The monoisotopic (exact) mass is 337 g/mol. The van der Waals surface area contributed by atoms with E-state index in [9.17, 15) is 9.59 Å². The lowest BCUT2D eigenvalue weighted by Crippen LogP contribution is -2.34. The van der Waals surface area contributed by atoms with Gasteiger partial charge in [-0.25, -0.2) is 0 Å². The van der Waals surface area contributed by atoms with Gasteiger partial charge in [0.15, 0.2) is 11.5 Å². The Morgan fingerprint density at radius 1 is 1.12 bits per heavy atom. The third-order valence-corrected chi connectivity index (χ3v) is 4.24. The standard InChI is InChI=1S/C17H23NO6/c1-22-13-6-10(7-14(23-2)16(13)24-3)8-15(19)18-12-5-4-11(9-12)17(20)21/h6-7,11-12H,4-5,8-9H2,1-3H3,(H,18,19)(H,20,21)/t11-,12+/m0/s1. The summed E-state index contributed by atoms with van der Waals surface area (Å²) < 4.78 is 15.8. The minimum absolute atomic E-state index is 0.0827. The van der Waals surface area contributed by atoms with Crippen LogP contribution in [0.2, 0.25) is 0 Å². The second-order valence-corrected chi connectivity index (χ2v) is 5.82. The molecule has 1 aliphatic carbocycles. The first-order valence-corrected chi connectivity index (χ1v) is 7.79. The van der Waals surface area contributed by atoms with E-state index in [4.69, 9.17) is 19.3 Å². The van der Waals surface area contributed by atoms with E-state index in [1.165, 1.54) is 21.3 Å². The molecule has 24 heavy (non-hydrogen) atoms. The van der Waals surface area contributed by atoms with Gasteiger partial charge in [0.05, 0.1) is 33.7 Å². The number of carbonyl (C=O) groups excluding carboxylic acids is 1. The molecule has 2 rings (SSSR count). The average Bonchev–Trinajstić information content (AvgIpc) is 3.02. The fourth-order valence-electron chi connectivity index (χ4n) is 3.04. The number of methoxy groups -OCH3 is 3. The van der Waals surface area contributed by atoms with Crippen LogP contribution in [0.5, 0.6) is 17.2 Å². The molecule has 0 heterocycles. The van der Waals surface area contributed by atoms with Gasteiger partial charge in [-0.05, 0) is 37.0 Å². The van der Waals surface area contributed by atoms with Gasteiger partial charge in [0.2, 0.25) is 11.7 Å². The van der Waals surface area contributed by atoms with E-state index >= 15 is 0 Å². The van der Waals surface area contributed by atoms with Gasteiger partial charge in [0.25, 0.3) is 0 Å². The van der Waals surface area contributed by atoms with Gasteiger partial charge in [0, 0.05) is 6.04 Å². The summed E-state index contributed by atoms with van der Waals surface area (Å²) in [6.45, 7) is 0. The summed E-state index contributed by atoms with van der Waals surface area (Å²) in [6, 6.07) is 3.38. The molecule has 0 aromatic heterocycles. The third-order valence-electron chi connectivity index (χ3n) is 4.24. The maximum absolute atomic E-state index is 12.2. The Hall–Kier alpha value is -2.44. The van der Waals surface area contributed by atoms with Crippen LogP contribution in [0.1, 0.15) is 24.8 Å². The largest absolute Gasteiger partial charge is 0.493 e. The highest BCUT2D eigenvalue weighted by molar-refractivity contribution is 5.79. The van der Waals surface area contributed by atoms with Crippen LogP contribution in [0.4, 0.5) is 0 Å². The number of aliphatic carboxylic acids is 1. The molecular formula is C17H23NO6. The van der Waals surface area contributed by atoms with Gasteiger partial charge in [-0.1, -0.05) is 0 Å². The molecule has 0 unspecified atom stereocenters. The molecule has 0 bridgehead atoms. The van der Waals surface area contributed by atoms with E-state index in [-0.39, 0.29) is 24.3 Å². The van der Waals surface area contributed by atoms with Crippen LogP contribution in [0.15, 0.2) is 12.1 Å². The number of hydrogen-bond acceptors (Lipinski definition) is 5. The Balaban J connectivity index is 2.02. The fraction of sp³-hybridized carbons (Fsp3) is 0.529. The summed E-state index contributed by atoms with van der Waals surface area (Å²) in [5.74, 6) is 0.148. The van der Waals surface area contributed by atoms with Crippen molar-refractivity contribution in [3.05, 3.63) is 17.7 Å². The van der Waals surface area contributed by atoms with Crippen molar-refractivity contribution in [2.45, 2.75) is 31.7 Å². The van der Waals surface area contributed by atoms with Crippen LogP contribution < -0.4 is 19.5 Å². The summed E-state index contributed by atoms with van der Waals surface area (Å²) in [7, 11) is 4.56. The molecule has 1 fully saturated rings. The highest BCUT2D eigenvalue weighted by Crippen LogP contribution is 2.38. The molecule has 132 valence electrons. The molecule has 7 nitrogen and oxygen atoms in total. The summed E-state index contributed by atoms with van der Waals surface area (Å²) in [5, 5.41) is 11.9. The molecule has 1 aliphatic rings. The number of ether oxygens (including phenoxy) is 3. The first-order chi connectivity index (χ1) is 11.5. The molecular weight excluding hydrogens is 314 g/mol. The fourth-order valence-corrected chi connectivity index (χ4v) is 3.04. The van der Waals surface area contributed by atoms with Crippen molar-refractivity contribution < 1.29 is 28.9 Å². The van der Waals surface area contributed by atoms with Crippen molar-refractivity contribution in [3.8, 4) is 17.2 Å². The lowest BCUT2D eigenvalue weighted by molar-refractivity contribution is -0.141. The average molecular weight is 337 g/mol. The summed E-state index contributed by atoms with van der Waals surface area (Å²) in [6.07, 6.45) is 1.93. The molecule has 1 aromatic rings. The van der Waals surface area contributed by atoms with Crippen molar-refractivity contribution in [2.24, 2.45) is 5.92 Å². The Labute approximate surface area is 140 Å². The molecule has 0 spiro atoms. The molecule has 1 saturated carbocycles. The zero-order valence-corrected chi connectivity index (χ0v) is 14.1. The normalized spacial score (nSPS) is 19.6. The highest BCUT2D eigenvalue weighted by Gasteiger charge is 2.30. The molecule has 0 saturated heterocycles. The van der Waals surface area contributed by atoms with Gasteiger partial charge >= 0.3 is 5.97 Å². The van der Waals surface area contributed by atoms with E-state index in [1.54, 1.807) is 12.1 Å². The van der Waals surface area contributed by atoms with Crippen LogP contribution in [-0.4, -0.2) is 44.4 Å². The molecule has 0 aliphatic heterocycles. The van der Waals surface area contributed by atoms with E-state index in [0.29, 0.717) is 36.5 Å². The smallest absolute Gasteiger partial charge is 0.306 e. The van der Waals surface area contributed by atoms with Crippen molar-refractivity contribution in [1.29, 1.82) is 0 Å². The second kappa shape index (κ2) is 7.90. The van der Waals surface area contributed by atoms with Gasteiger partial charge in [-0.15, -0.1) is 0 Å². The highest BCUT2D eigenvalue weighted by atomic mass is 16.5. The van der Waals surface area contributed by atoms with E-state index < -0.39 is 5.97 Å². The Kier molecular flexibility index (Phi) is 5.89. The summed E-state index contributed by atoms with van der Waals surface area (Å²) >= 11 is 0. The zero-order chi connectivity index (χ0) is 17.7. The SMILES string of the molecule is COc1cc(CC(=O)N[C@@H]2CC[C@H](C(=O)O)C2)cc(OC)c1OC. The van der Waals surface area contributed by atoms with E-state index in [0.717, 1.165) is 5.56 Å². The number of benzene rings is 1. The number of carboxylic acids is 1. The molecule has 2 N–H and O–H groups in total. The minimum Gasteiger partial charge on any atom is -0.493 e. The molecule has 1 amide bonds. The van der Waals surface area contributed by atoms with Crippen LogP contribution in [0.25, 0.3) is 0 Å². The van der Waals surface area contributed by atoms with Crippen LogP contribution in [0, 0.1) is 5.92 Å². The quantitative estimate of drug-likeness (QED) is 0.785. The minimum atomic E-state index is -0.795. The summed E-state index contributed by atoms with van der Waals surface area (Å²) in [5.41, 5.74) is 0.731. The predicted molar refractivity (Wildman–Crippen MR) is 86.7 cm³/mol. The molecule has 0 radical (unpaired) electrons. The lowest BCUT2D eigenvalue weighted by Gasteiger charge is -2.15. The molecule has 7 heteroatoms. The maximum atomic E-state index is 12.2. The van der Waals surface area contributed by atoms with E-state index in [1.807, 2.05) is 0 Å². The second-order valence-electron chi connectivity index (χ2n) is 5.82. The number of carboxylic acid groups (broad SMARTS) is 1. The number of carbonyl (C=O) groups is 2. The number of rotatable bonds is 7. The molecule has 1 aromatic carbocycles. The zero-order valence-electron chi connectivity index (χ0n) is 14.1. The van der Waals surface area contributed by atoms with Crippen molar-refractivity contribution in [3.63, 3.8) is 0 Å². The first-order valence-electron chi connectivity index (χ1n) is 7.79. The van der Waals surface area contributed by atoms with Gasteiger partial charge in [-0.3, -0.25) is 9.59 Å². The van der Waals surface area contributed by atoms with Crippen LogP contribution in [0.3, 0.4) is 0 Å². The Morgan fingerprint density at radius 2 is 1.75 bits per heavy atom. The number of amides is 1. The number of hydrogen-bond donors (Lipinski definition) is 2. The summed E-state index contributed by atoms with van der Waals surface area (Å²) in [4.78, 5) is 23.2. The maximum Gasteiger partial charge on any atom is 0.306 e. The third kappa shape index (κ3) is 4.10. The van der Waals surface area contributed by atoms with Gasteiger partial charge in [0.1, 0.15) is 0 Å². The Bertz CT molecular complexity index is 590. The van der Waals surface area contributed by atoms with Crippen molar-refractivity contribution >= 4 is 11.9 Å². The lowest BCUT2D eigenvalue weighted by atomic mass is 10.1. The van der Waals surface area contributed by atoms with Crippen LogP contribution in [-0.2, 0) is 16.0 Å². The molecule has 2 atom stereocenters.